The van der Waals surface area contributed by atoms with Crippen LogP contribution in [-0.4, -0.2) is 0 Å². The maximum atomic E-state index is 11.6. The fourth-order valence-corrected chi connectivity index (χ4v) is 1.76. The van der Waals surface area contributed by atoms with Gasteiger partial charge < -0.3 is 0 Å². The second kappa shape index (κ2) is 3.18. The molecule has 0 bridgehead atoms. The average Bonchev–Trinajstić information content (AvgIpc) is 2.33. The highest BCUT2D eigenvalue weighted by Crippen LogP contribution is 2.40. The van der Waals surface area contributed by atoms with Gasteiger partial charge in [-0.1, -0.05) is 25.8 Å². The number of hydrogen-bond donors (Lipinski definition) is 0. The summed E-state index contributed by atoms with van der Waals surface area (Å²) in [4.78, 5) is 0. The van der Waals surface area contributed by atoms with Crippen LogP contribution in [0.2, 0.25) is 0 Å². The molecule has 1 saturated carbocycles. The molecule has 0 N–H and O–H groups in total. The van der Waals surface area contributed by atoms with Gasteiger partial charge in [-0.15, -0.1) is 0 Å². The smallest absolute Gasteiger partial charge is 0.0827 e. The minimum absolute atomic E-state index is 0.419. The number of halogens is 1. The summed E-state index contributed by atoms with van der Waals surface area (Å²) in [6.45, 7) is 2.25. The van der Waals surface area contributed by atoms with Crippen molar-refractivity contribution in [2.45, 2.75) is 39.0 Å². The Morgan fingerprint density at radius 3 is 2.50 bits per heavy atom. The molecule has 0 aliphatic heterocycles. The Morgan fingerprint density at radius 2 is 2.00 bits per heavy atom. The van der Waals surface area contributed by atoms with Crippen molar-refractivity contribution in [3.8, 4) is 0 Å². The molecule has 1 rings (SSSR count). The van der Waals surface area contributed by atoms with Crippen molar-refractivity contribution in [2.75, 3.05) is 0 Å². The molecular weight excluding hydrogens is 127 g/mol. The second-order valence-corrected chi connectivity index (χ2v) is 3.58. The van der Waals surface area contributed by atoms with E-state index in [0.29, 0.717) is 11.7 Å². The van der Waals surface area contributed by atoms with Gasteiger partial charge >= 0.3 is 0 Å². The van der Waals surface area contributed by atoms with Crippen molar-refractivity contribution in [1.82, 2.24) is 0 Å². The third-order valence-corrected chi connectivity index (χ3v) is 2.51. The Kier molecular flexibility index (Phi) is 2.47. The summed E-state index contributed by atoms with van der Waals surface area (Å²) in [5, 5.41) is 0. The highest BCUT2D eigenvalue weighted by atomic mass is 19.1. The van der Waals surface area contributed by atoms with Crippen molar-refractivity contribution in [1.29, 1.82) is 0 Å². The molecule has 0 aromatic rings. The largest absolute Gasteiger partial charge is 0.216 e. The van der Waals surface area contributed by atoms with Gasteiger partial charge in [0, 0.05) is 0 Å². The quantitative estimate of drug-likeness (QED) is 0.554. The molecule has 0 atom stereocenters. The summed E-state index contributed by atoms with van der Waals surface area (Å²) in [6.07, 6.45) is 8.44. The van der Waals surface area contributed by atoms with E-state index in [2.05, 4.69) is 6.92 Å². The molecule has 1 aliphatic carbocycles. The molecule has 0 amide bonds. The fourth-order valence-electron chi connectivity index (χ4n) is 1.76. The second-order valence-electron chi connectivity index (χ2n) is 3.58. The Labute approximate surface area is 62.1 Å². The first-order valence-corrected chi connectivity index (χ1v) is 4.02. The molecule has 0 heterocycles. The van der Waals surface area contributed by atoms with Gasteiger partial charge in [-0.3, -0.25) is 0 Å². The van der Waals surface area contributed by atoms with Gasteiger partial charge in [0.05, 0.1) is 6.33 Å². The molecule has 0 aromatic heterocycles. The average molecular weight is 142 g/mol. The number of rotatable bonds is 2. The van der Waals surface area contributed by atoms with Gasteiger partial charge in [-0.05, 0) is 24.7 Å². The summed E-state index contributed by atoms with van der Waals surface area (Å²) in [5.41, 5.74) is 0.419. The third kappa shape index (κ3) is 1.83. The van der Waals surface area contributed by atoms with Gasteiger partial charge in [0.2, 0.25) is 0 Å². The zero-order chi connectivity index (χ0) is 7.45. The van der Waals surface area contributed by atoms with E-state index in [1.807, 2.05) is 0 Å². The molecule has 1 fully saturated rings. The lowest BCUT2D eigenvalue weighted by Crippen LogP contribution is -2.08. The predicted molar refractivity (Wildman–Crippen MR) is 41.4 cm³/mol. The van der Waals surface area contributed by atoms with Gasteiger partial charge in [-0.2, -0.15) is 0 Å². The van der Waals surface area contributed by atoms with Gasteiger partial charge in [0.25, 0.3) is 0 Å². The van der Waals surface area contributed by atoms with Crippen LogP contribution in [0.3, 0.4) is 0 Å². The fraction of sp³-hybridized carbons (Fsp3) is 0.778. The number of allylic oxidation sites excluding steroid dienone is 1. The Hall–Kier alpha value is -0.330. The van der Waals surface area contributed by atoms with Crippen molar-refractivity contribution in [3.05, 3.63) is 12.4 Å². The number of hydrogen-bond acceptors (Lipinski definition) is 0. The highest BCUT2D eigenvalue weighted by molar-refractivity contribution is 4.88. The topological polar surface area (TPSA) is 0 Å². The van der Waals surface area contributed by atoms with E-state index in [4.69, 9.17) is 0 Å². The van der Waals surface area contributed by atoms with Gasteiger partial charge in [0.15, 0.2) is 0 Å². The van der Waals surface area contributed by atoms with E-state index in [1.165, 1.54) is 25.7 Å². The summed E-state index contributed by atoms with van der Waals surface area (Å²) >= 11 is 0. The van der Waals surface area contributed by atoms with Crippen LogP contribution in [0.15, 0.2) is 12.4 Å². The van der Waals surface area contributed by atoms with Crippen LogP contribution in [0.1, 0.15) is 39.0 Å². The van der Waals surface area contributed by atoms with E-state index >= 15 is 0 Å². The molecule has 0 unspecified atom stereocenters. The van der Waals surface area contributed by atoms with Crippen LogP contribution in [0.25, 0.3) is 0 Å². The van der Waals surface area contributed by atoms with Crippen molar-refractivity contribution in [3.63, 3.8) is 0 Å². The summed E-state index contributed by atoms with van der Waals surface area (Å²) in [6, 6.07) is 0. The Morgan fingerprint density at radius 1 is 1.40 bits per heavy atom. The van der Waals surface area contributed by atoms with E-state index in [-0.39, 0.29) is 0 Å². The van der Waals surface area contributed by atoms with Crippen molar-refractivity contribution >= 4 is 0 Å². The first-order chi connectivity index (χ1) is 4.77. The molecule has 0 radical (unpaired) electrons. The molecule has 0 aromatic carbocycles. The molecule has 0 nitrogen and oxygen atoms in total. The summed E-state index contributed by atoms with van der Waals surface area (Å²) in [5.74, 6) is 0. The van der Waals surface area contributed by atoms with E-state index in [1.54, 1.807) is 6.08 Å². The Bertz CT molecular complexity index is 121. The molecule has 10 heavy (non-hydrogen) atoms. The standard InChI is InChI=1S/C9H15F/c1-9(7-4-8-10)5-2-3-6-9/h4,8H,2-3,5-7H2,1H3/b8-4+. The zero-order valence-electron chi connectivity index (χ0n) is 6.57. The first-order valence-electron chi connectivity index (χ1n) is 4.02. The van der Waals surface area contributed by atoms with Crippen LogP contribution in [0.4, 0.5) is 4.39 Å². The summed E-state index contributed by atoms with van der Waals surface area (Å²) < 4.78 is 11.6. The van der Waals surface area contributed by atoms with E-state index in [9.17, 15) is 4.39 Å². The van der Waals surface area contributed by atoms with Crippen molar-refractivity contribution < 1.29 is 4.39 Å². The first kappa shape index (κ1) is 7.77. The van der Waals surface area contributed by atoms with Crippen molar-refractivity contribution in [2.24, 2.45) is 5.41 Å². The third-order valence-electron chi connectivity index (χ3n) is 2.51. The molecule has 0 spiro atoms. The lowest BCUT2D eigenvalue weighted by Gasteiger charge is -2.20. The normalized spacial score (nSPS) is 24.2. The lowest BCUT2D eigenvalue weighted by molar-refractivity contribution is 0.340. The maximum Gasteiger partial charge on any atom is 0.0827 e. The molecular formula is C9H15F. The molecule has 0 saturated heterocycles. The van der Waals surface area contributed by atoms with Crippen LogP contribution < -0.4 is 0 Å². The predicted octanol–water partition coefficient (Wildman–Crippen LogP) is 3.44. The van der Waals surface area contributed by atoms with Crippen LogP contribution in [0, 0.1) is 5.41 Å². The SMILES string of the molecule is CC1(C/C=C/F)CCCC1. The summed E-state index contributed by atoms with van der Waals surface area (Å²) in [7, 11) is 0. The van der Waals surface area contributed by atoms with Crippen LogP contribution >= 0.6 is 0 Å². The monoisotopic (exact) mass is 142 g/mol. The lowest BCUT2D eigenvalue weighted by atomic mass is 9.85. The van der Waals surface area contributed by atoms with E-state index < -0.39 is 0 Å². The Balaban J connectivity index is 2.35. The minimum Gasteiger partial charge on any atom is -0.216 e. The maximum absolute atomic E-state index is 11.6. The molecule has 58 valence electrons. The minimum atomic E-state index is 0.419. The van der Waals surface area contributed by atoms with Gasteiger partial charge in [0.1, 0.15) is 0 Å². The van der Waals surface area contributed by atoms with Crippen LogP contribution in [0.5, 0.6) is 0 Å². The molecule has 1 heteroatoms. The zero-order valence-corrected chi connectivity index (χ0v) is 6.57. The van der Waals surface area contributed by atoms with Crippen LogP contribution in [-0.2, 0) is 0 Å². The van der Waals surface area contributed by atoms with E-state index in [0.717, 1.165) is 6.42 Å². The van der Waals surface area contributed by atoms with Gasteiger partial charge in [-0.25, -0.2) is 4.39 Å². The molecule has 1 aliphatic rings. The highest BCUT2D eigenvalue weighted by Gasteiger charge is 2.26.